The van der Waals surface area contributed by atoms with Gasteiger partial charge in [0.05, 0.1) is 10.9 Å². The molecule has 0 amide bonds. The number of benzene rings is 7. The fourth-order valence-electron chi connectivity index (χ4n) is 6.41. The monoisotopic (exact) mass is 654 g/mol. The number of rotatable bonds is 7. The Morgan fingerprint density at radius 1 is 0.311 bits per heavy atom. The molecule has 0 nitrogen and oxygen atoms in total. The van der Waals surface area contributed by atoms with Gasteiger partial charge >= 0.3 is 153 Å². The Bertz CT molecular complexity index is 1670. The maximum atomic E-state index is 2.32. The van der Waals surface area contributed by atoms with E-state index in [-0.39, 0.29) is 10.9 Å². The Labute approximate surface area is 274 Å². The third-order valence-electron chi connectivity index (χ3n) is 8.47. The Balaban J connectivity index is 0.000000163. The topological polar surface area (TPSA) is 0 Å². The van der Waals surface area contributed by atoms with Gasteiger partial charge in [0.25, 0.3) is 0 Å². The Morgan fingerprint density at radius 3 is 0.889 bits per heavy atom. The van der Waals surface area contributed by atoms with Crippen molar-refractivity contribution in [3.05, 3.63) is 212 Å². The van der Waals surface area contributed by atoms with Crippen LogP contribution < -0.4 is 16.5 Å². The summed E-state index contributed by atoms with van der Waals surface area (Å²) in [6.07, 6.45) is 0. The zero-order chi connectivity index (χ0) is 30.7. The molecule has 0 bridgehead atoms. The van der Waals surface area contributed by atoms with Gasteiger partial charge in [-0.15, -0.1) is 0 Å². The van der Waals surface area contributed by atoms with Crippen LogP contribution in [-0.2, 0) is 10.9 Å². The molecule has 0 radical (unpaired) electrons. The first kappa shape index (κ1) is 30.5. The van der Waals surface area contributed by atoms with Crippen LogP contribution in [0.25, 0.3) is 0 Å². The van der Waals surface area contributed by atoms with Crippen molar-refractivity contribution in [3.63, 3.8) is 0 Å². The summed E-state index contributed by atoms with van der Waals surface area (Å²) in [5, 5.41) is 0. The van der Waals surface area contributed by atoms with E-state index in [9.17, 15) is 0 Å². The quantitative estimate of drug-likeness (QED) is 0.120. The van der Waals surface area contributed by atoms with Crippen LogP contribution in [0.3, 0.4) is 0 Å². The zero-order valence-electron chi connectivity index (χ0n) is 25.6. The predicted octanol–water partition coefficient (Wildman–Crippen LogP) is 8.15. The van der Waals surface area contributed by atoms with Gasteiger partial charge in [0.2, 0.25) is 0 Å². The summed E-state index contributed by atoms with van der Waals surface area (Å²) in [6.45, 7) is 2.20. The second kappa shape index (κ2) is 15.0. The van der Waals surface area contributed by atoms with Crippen LogP contribution in [0.5, 0.6) is 0 Å². The molecule has 2 heteroatoms. The fourth-order valence-corrected chi connectivity index (χ4v) is 20.2. The molecule has 7 rings (SSSR count). The molecule has 0 spiro atoms. The predicted molar refractivity (Wildman–Crippen MR) is 196 cm³/mol. The normalized spacial score (nSPS) is 11.0. The molecule has 0 aliphatic rings. The number of aryl methyl sites for hydroxylation is 1. The molecule has 0 saturated carbocycles. The van der Waals surface area contributed by atoms with Crippen LogP contribution in [0.15, 0.2) is 221 Å². The van der Waals surface area contributed by atoms with E-state index >= 15 is 0 Å². The molecule has 0 fully saturated rings. The van der Waals surface area contributed by atoms with Gasteiger partial charge in [-0.3, -0.25) is 0 Å². The number of hydrogen-bond donors (Lipinski definition) is 0. The van der Waals surface area contributed by atoms with Crippen LogP contribution in [0.4, 0.5) is 0 Å². The van der Waals surface area contributed by atoms with E-state index in [1.807, 2.05) is 0 Å². The first-order valence-electron chi connectivity index (χ1n) is 15.6. The molecule has 0 unspecified atom stereocenters. The molecule has 45 heavy (non-hydrogen) atoms. The van der Waals surface area contributed by atoms with Crippen molar-refractivity contribution in [1.29, 1.82) is 0 Å². The van der Waals surface area contributed by atoms with Gasteiger partial charge in [-0.2, -0.15) is 0 Å². The van der Waals surface area contributed by atoms with Crippen molar-refractivity contribution in [1.82, 2.24) is 0 Å². The molecule has 0 N–H and O–H groups in total. The van der Waals surface area contributed by atoms with Gasteiger partial charge in [-0.05, 0) is 37.3 Å². The second-order valence-electron chi connectivity index (χ2n) is 11.2. The summed E-state index contributed by atoms with van der Waals surface area (Å²) in [7, 11) is -0.0262. The van der Waals surface area contributed by atoms with Crippen LogP contribution in [-0.4, -0.2) is 15.0 Å². The van der Waals surface area contributed by atoms with E-state index in [0.29, 0.717) is 0 Å². The first-order valence-corrected chi connectivity index (χ1v) is 21.6. The van der Waals surface area contributed by atoms with Gasteiger partial charge in [0.1, 0.15) is 0 Å². The van der Waals surface area contributed by atoms with E-state index in [0.717, 1.165) is 0 Å². The van der Waals surface area contributed by atoms with Gasteiger partial charge in [-0.1, -0.05) is 54.6 Å². The van der Waals surface area contributed by atoms with Gasteiger partial charge in [-0.25, -0.2) is 0 Å². The van der Waals surface area contributed by atoms with Crippen LogP contribution >= 0.6 is 0 Å². The van der Waals surface area contributed by atoms with E-state index in [1.54, 1.807) is 0 Å². The summed E-state index contributed by atoms with van der Waals surface area (Å²) in [5.74, 6) is 0. The van der Waals surface area contributed by atoms with Crippen molar-refractivity contribution < 1.29 is 0 Å². The minimum atomic E-state index is -3.21. The molecule has 0 heterocycles. The molecule has 7 aromatic rings. The molecule has 218 valence electrons. The molecule has 0 aliphatic carbocycles. The average molecular weight is 656 g/mol. The standard InChI is InChI=1S/C19H17S.4C6H5.Ga/c1-16-10-8-9-15-19(16)20(17-11-4-2-5-12-17)18-13-6-3-7-14-18;4*1-2-4-6-5-3-1;/h2-15H,1H3;4*1-5H;/q+1;;;;;-1. The van der Waals surface area contributed by atoms with Crippen LogP contribution in [0.2, 0.25) is 0 Å². The summed E-state index contributed by atoms with van der Waals surface area (Å²) < 4.78 is 5.92. The van der Waals surface area contributed by atoms with Crippen molar-refractivity contribution in [2.45, 2.75) is 21.6 Å². The molecule has 0 aliphatic heterocycles. The fraction of sp³-hybridized carbons (Fsp3) is 0.0233. The Hall–Kier alpha value is -4.47. The Morgan fingerprint density at radius 2 is 0.578 bits per heavy atom. The molecular weight excluding hydrogens is 618 g/mol. The summed E-state index contributed by atoms with van der Waals surface area (Å²) in [4.78, 5) is 4.14. The molecule has 7 aromatic carbocycles. The number of hydrogen-bond acceptors (Lipinski definition) is 0. The second-order valence-corrected chi connectivity index (χ2v) is 22.4. The molecule has 0 saturated heterocycles. The third kappa shape index (κ3) is 6.79. The van der Waals surface area contributed by atoms with Crippen molar-refractivity contribution >= 4 is 42.4 Å². The summed E-state index contributed by atoms with van der Waals surface area (Å²) >= 11 is -3.21. The van der Waals surface area contributed by atoms with Crippen molar-refractivity contribution in [3.8, 4) is 0 Å². The summed E-state index contributed by atoms with van der Waals surface area (Å²) in [6, 6.07) is 74.6. The van der Waals surface area contributed by atoms with Crippen molar-refractivity contribution in [2.24, 2.45) is 0 Å². The van der Waals surface area contributed by atoms with E-state index < -0.39 is 15.0 Å². The van der Waals surface area contributed by atoms with Gasteiger partial charge in [0, 0.05) is 5.56 Å². The first-order chi connectivity index (χ1) is 22.3. The van der Waals surface area contributed by atoms with E-state index in [1.165, 1.54) is 36.7 Å². The maximum absolute atomic E-state index is 3.21. The Kier molecular flexibility index (Phi) is 10.2. The molecule has 0 atom stereocenters. The third-order valence-corrected chi connectivity index (χ3v) is 22.5. The van der Waals surface area contributed by atoms with Crippen LogP contribution in [0.1, 0.15) is 5.56 Å². The average Bonchev–Trinajstić information content (AvgIpc) is 3.13. The van der Waals surface area contributed by atoms with Crippen LogP contribution in [0, 0.1) is 6.92 Å². The molecular formula is C43H37GaS. The zero-order valence-corrected chi connectivity index (χ0v) is 28.9. The SMILES string of the molecule is Cc1ccccc1[S+](c1ccccc1)c1ccccc1.c1cc[c]([Ga-]([c]2ccccc2)([c]2ccccc2)[c]2ccccc2)cc1. The summed E-state index contributed by atoms with van der Waals surface area (Å²) in [5.41, 5.74) is 1.35. The molecule has 0 aromatic heterocycles. The van der Waals surface area contributed by atoms with E-state index in [2.05, 4.69) is 213 Å². The van der Waals surface area contributed by atoms with E-state index in [4.69, 9.17) is 0 Å². The van der Waals surface area contributed by atoms with Gasteiger partial charge in [0.15, 0.2) is 14.7 Å². The van der Waals surface area contributed by atoms with Gasteiger partial charge < -0.3 is 0 Å². The minimum absolute atomic E-state index is 0.0262. The van der Waals surface area contributed by atoms with Crippen molar-refractivity contribution in [2.75, 3.05) is 0 Å².